The fourth-order valence-corrected chi connectivity index (χ4v) is 3.61. The lowest BCUT2D eigenvalue weighted by Crippen LogP contribution is -2.42. The van der Waals surface area contributed by atoms with Crippen molar-refractivity contribution in [2.24, 2.45) is 0 Å². The van der Waals surface area contributed by atoms with E-state index in [9.17, 15) is 4.79 Å². The van der Waals surface area contributed by atoms with Crippen LogP contribution in [-0.2, 0) is 26.1 Å². The number of amides is 2. The van der Waals surface area contributed by atoms with Crippen LogP contribution >= 0.6 is 0 Å². The van der Waals surface area contributed by atoms with E-state index in [1.54, 1.807) is 14.2 Å². The van der Waals surface area contributed by atoms with Gasteiger partial charge in [-0.15, -0.1) is 0 Å². The molecular formula is C23H31N3O3. The number of urea groups is 1. The van der Waals surface area contributed by atoms with Crippen molar-refractivity contribution < 1.29 is 14.3 Å². The average molecular weight is 398 g/mol. The number of nitrogens with zero attached hydrogens (tertiary/aromatic N) is 2. The molecule has 0 atom stereocenters. The molecule has 0 fully saturated rings. The summed E-state index contributed by atoms with van der Waals surface area (Å²) in [6.07, 6.45) is 0.807. The highest BCUT2D eigenvalue weighted by Crippen LogP contribution is 2.33. The van der Waals surface area contributed by atoms with Gasteiger partial charge in [0.05, 0.1) is 14.2 Å². The minimum atomic E-state index is -0.0403. The molecule has 29 heavy (non-hydrogen) atoms. The Bertz CT molecular complexity index is 853. The number of carbonyl (C=O) groups is 1. The van der Waals surface area contributed by atoms with Gasteiger partial charge in [-0.3, -0.25) is 0 Å². The summed E-state index contributed by atoms with van der Waals surface area (Å²) in [6.45, 7) is 5.85. The van der Waals surface area contributed by atoms with Gasteiger partial charge in [0.15, 0.2) is 11.5 Å². The minimum Gasteiger partial charge on any atom is -0.493 e. The zero-order chi connectivity index (χ0) is 20.8. The van der Waals surface area contributed by atoms with Gasteiger partial charge < -0.3 is 24.6 Å². The Morgan fingerprint density at radius 1 is 1.10 bits per heavy atom. The standard InChI is InChI=1S/C23H31N3O3/c1-5-25(2)15-18-8-6-7-17(11-18)14-24-23(27)26-10-9-19-12-21(28-3)22(29-4)13-20(19)16-26/h6-8,11-13H,5,9-10,14-16H2,1-4H3,(H,24,27). The summed E-state index contributed by atoms with van der Waals surface area (Å²) in [5, 5.41) is 3.06. The van der Waals surface area contributed by atoms with E-state index in [1.807, 2.05) is 17.0 Å². The number of hydrogen-bond acceptors (Lipinski definition) is 4. The topological polar surface area (TPSA) is 54.0 Å². The minimum absolute atomic E-state index is 0.0403. The largest absolute Gasteiger partial charge is 0.493 e. The van der Waals surface area contributed by atoms with Gasteiger partial charge in [-0.2, -0.15) is 0 Å². The first-order chi connectivity index (χ1) is 14.0. The predicted molar refractivity (Wildman–Crippen MR) is 114 cm³/mol. The van der Waals surface area contributed by atoms with Gasteiger partial charge in [0.2, 0.25) is 0 Å². The zero-order valence-corrected chi connectivity index (χ0v) is 17.8. The molecule has 6 heteroatoms. The van der Waals surface area contributed by atoms with Crippen molar-refractivity contribution in [1.82, 2.24) is 15.1 Å². The highest BCUT2D eigenvalue weighted by Gasteiger charge is 2.22. The van der Waals surface area contributed by atoms with E-state index >= 15 is 0 Å². The third-order valence-electron chi connectivity index (χ3n) is 5.43. The van der Waals surface area contributed by atoms with Crippen molar-refractivity contribution in [3.05, 3.63) is 58.7 Å². The molecule has 2 amide bonds. The third kappa shape index (κ3) is 5.21. The maximum Gasteiger partial charge on any atom is 0.317 e. The SMILES string of the molecule is CCN(C)Cc1cccc(CNC(=O)N2CCc3cc(OC)c(OC)cc3C2)c1. The molecule has 0 aliphatic carbocycles. The fraction of sp³-hybridized carbons (Fsp3) is 0.435. The number of rotatable bonds is 7. The fourth-order valence-electron chi connectivity index (χ4n) is 3.61. The van der Waals surface area contributed by atoms with E-state index in [1.165, 1.54) is 11.1 Å². The van der Waals surface area contributed by atoms with E-state index < -0.39 is 0 Å². The highest BCUT2D eigenvalue weighted by molar-refractivity contribution is 5.74. The molecule has 3 rings (SSSR count). The van der Waals surface area contributed by atoms with Crippen LogP contribution in [0.1, 0.15) is 29.2 Å². The van der Waals surface area contributed by atoms with E-state index in [2.05, 4.69) is 48.5 Å². The lowest BCUT2D eigenvalue weighted by molar-refractivity contribution is 0.191. The molecule has 0 bridgehead atoms. The average Bonchev–Trinajstić information content (AvgIpc) is 2.76. The Hall–Kier alpha value is -2.73. The zero-order valence-electron chi connectivity index (χ0n) is 17.8. The van der Waals surface area contributed by atoms with Gasteiger partial charge >= 0.3 is 6.03 Å². The van der Waals surface area contributed by atoms with E-state index in [0.717, 1.165) is 36.4 Å². The van der Waals surface area contributed by atoms with Crippen LogP contribution in [0.15, 0.2) is 36.4 Å². The van der Waals surface area contributed by atoms with Gasteiger partial charge in [0.1, 0.15) is 0 Å². The second-order valence-corrected chi connectivity index (χ2v) is 7.46. The van der Waals surface area contributed by atoms with Crippen LogP contribution in [-0.4, -0.2) is 50.2 Å². The van der Waals surface area contributed by atoms with Crippen LogP contribution in [0.4, 0.5) is 4.79 Å². The van der Waals surface area contributed by atoms with Gasteiger partial charge in [0, 0.05) is 26.2 Å². The first-order valence-corrected chi connectivity index (χ1v) is 10.1. The van der Waals surface area contributed by atoms with Crippen LogP contribution in [0.2, 0.25) is 0 Å². The van der Waals surface area contributed by atoms with E-state index in [-0.39, 0.29) is 6.03 Å². The number of methoxy groups -OCH3 is 2. The van der Waals surface area contributed by atoms with Crippen molar-refractivity contribution >= 4 is 6.03 Å². The Morgan fingerprint density at radius 3 is 2.48 bits per heavy atom. The van der Waals surface area contributed by atoms with Crippen LogP contribution in [0, 0.1) is 0 Å². The van der Waals surface area contributed by atoms with Gasteiger partial charge in [-0.05, 0) is 54.4 Å². The lowest BCUT2D eigenvalue weighted by atomic mass is 9.99. The number of nitrogens with one attached hydrogen (secondary N) is 1. The molecule has 0 spiro atoms. The van der Waals surface area contributed by atoms with Crippen molar-refractivity contribution in [2.45, 2.75) is 33.0 Å². The molecule has 1 heterocycles. The van der Waals surface area contributed by atoms with Gasteiger partial charge in [-0.25, -0.2) is 4.79 Å². The van der Waals surface area contributed by atoms with E-state index in [4.69, 9.17) is 9.47 Å². The summed E-state index contributed by atoms with van der Waals surface area (Å²) in [6, 6.07) is 12.3. The molecule has 0 aromatic heterocycles. The molecule has 0 radical (unpaired) electrons. The molecular weight excluding hydrogens is 366 g/mol. The van der Waals surface area contributed by atoms with Crippen molar-refractivity contribution in [1.29, 1.82) is 0 Å². The van der Waals surface area contributed by atoms with Crippen molar-refractivity contribution in [3.63, 3.8) is 0 Å². The van der Waals surface area contributed by atoms with Gasteiger partial charge in [0.25, 0.3) is 0 Å². The summed E-state index contributed by atoms with van der Waals surface area (Å²) >= 11 is 0. The van der Waals surface area contributed by atoms with Crippen LogP contribution in [0.3, 0.4) is 0 Å². The smallest absolute Gasteiger partial charge is 0.317 e. The molecule has 0 unspecified atom stereocenters. The molecule has 1 N–H and O–H groups in total. The number of ether oxygens (including phenoxy) is 2. The maximum absolute atomic E-state index is 12.7. The number of carbonyl (C=O) groups excluding carboxylic acids is 1. The first kappa shape index (κ1) is 21.0. The number of hydrogen-bond donors (Lipinski definition) is 1. The second kappa shape index (κ2) is 9.65. The quantitative estimate of drug-likeness (QED) is 0.778. The Kier molecular flexibility index (Phi) is 6.99. The van der Waals surface area contributed by atoms with E-state index in [0.29, 0.717) is 25.4 Å². The van der Waals surface area contributed by atoms with Crippen LogP contribution in [0.5, 0.6) is 11.5 Å². The van der Waals surface area contributed by atoms with Crippen molar-refractivity contribution in [2.75, 3.05) is 34.4 Å². The summed E-state index contributed by atoms with van der Waals surface area (Å²) in [4.78, 5) is 16.8. The second-order valence-electron chi connectivity index (χ2n) is 7.46. The van der Waals surface area contributed by atoms with Crippen LogP contribution < -0.4 is 14.8 Å². The Morgan fingerprint density at radius 2 is 1.79 bits per heavy atom. The molecule has 0 saturated carbocycles. The Labute approximate surface area is 173 Å². The molecule has 1 aliphatic heterocycles. The number of fused-ring (bicyclic) bond motifs is 1. The normalized spacial score (nSPS) is 13.2. The maximum atomic E-state index is 12.7. The third-order valence-corrected chi connectivity index (χ3v) is 5.43. The number of benzene rings is 2. The molecule has 2 aromatic rings. The summed E-state index contributed by atoms with van der Waals surface area (Å²) in [7, 11) is 5.37. The molecule has 2 aromatic carbocycles. The monoisotopic (exact) mass is 397 g/mol. The van der Waals surface area contributed by atoms with Gasteiger partial charge in [-0.1, -0.05) is 31.2 Å². The lowest BCUT2D eigenvalue weighted by Gasteiger charge is -2.29. The predicted octanol–water partition coefficient (Wildman–Crippen LogP) is 3.42. The summed E-state index contributed by atoms with van der Waals surface area (Å²) < 4.78 is 10.8. The molecule has 1 aliphatic rings. The summed E-state index contributed by atoms with van der Waals surface area (Å²) in [5.74, 6) is 1.43. The van der Waals surface area contributed by atoms with Crippen LogP contribution in [0.25, 0.3) is 0 Å². The molecule has 6 nitrogen and oxygen atoms in total. The van der Waals surface area contributed by atoms with Crippen molar-refractivity contribution in [3.8, 4) is 11.5 Å². The molecule has 156 valence electrons. The summed E-state index contributed by atoms with van der Waals surface area (Å²) in [5.41, 5.74) is 4.69. The first-order valence-electron chi connectivity index (χ1n) is 10.1. The highest BCUT2D eigenvalue weighted by atomic mass is 16.5. The molecule has 0 saturated heterocycles. The Balaban J connectivity index is 1.60.